The van der Waals surface area contributed by atoms with Gasteiger partial charge in [0.2, 0.25) is 0 Å². The fraction of sp³-hybridized carbons (Fsp3) is 0.857. The Morgan fingerprint density at radius 1 is 0.667 bits per heavy atom. The molecular formula is C14H39N. The SMILES string of the molecule is C=C.CC.CC.CCC.CCCC.CN. The molecule has 0 aliphatic carbocycles. The molecule has 0 amide bonds. The van der Waals surface area contributed by atoms with Gasteiger partial charge in [-0.25, -0.2) is 0 Å². The van der Waals surface area contributed by atoms with Gasteiger partial charge in [0.1, 0.15) is 0 Å². The second-order valence-corrected chi connectivity index (χ2v) is 1.71. The molecule has 0 heterocycles. The lowest BCUT2D eigenvalue weighted by atomic mass is 10.4. The van der Waals surface area contributed by atoms with Crippen molar-refractivity contribution < 1.29 is 0 Å². The van der Waals surface area contributed by atoms with E-state index in [2.05, 4.69) is 46.6 Å². The molecule has 0 aliphatic rings. The lowest BCUT2D eigenvalue weighted by Crippen LogP contribution is -1.69. The highest BCUT2D eigenvalue weighted by Crippen LogP contribution is 1.76. The van der Waals surface area contributed by atoms with Crippen LogP contribution in [-0.2, 0) is 0 Å². The molecule has 1 heteroatoms. The molecular weight excluding hydrogens is 182 g/mol. The smallest absolute Gasteiger partial charge is 0.0195 e. The quantitative estimate of drug-likeness (QED) is 0.569. The van der Waals surface area contributed by atoms with Gasteiger partial charge in [-0.3, -0.25) is 0 Å². The summed E-state index contributed by atoms with van der Waals surface area (Å²) in [5, 5.41) is 0. The molecule has 0 radical (unpaired) electrons. The minimum Gasteiger partial charge on any atom is -0.333 e. The van der Waals surface area contributed by atoms with Crippen LogP contribution in [0.1, 0.15) is 74.7 Å². The Morgan fingerprint density at radius 3 is 0.733 bits per heavy atom. The minimum absolute atomic E-state index is 1.25. The zero-order chi connectivity index (χ0) is 14.1. The number of unbranched alkanes of at least 4 members (excludes halogenated alkanes) is 1. The highest BCUT2D eigenvalue weighted by molar-refractivity contribution is 4.22. The van der Waals surface area contributed by atoms with E-state index in [1.165, 1.54) is 26.3 Å². The van der Waals surface area contributed by atoms with Crippen LogP contribution in [0.4, 0.5) is 0 Å². The molecule has 0 aromatic heterocycles. The highest BCUT2D eigenvalue weighted by atomic mass is 14.4. The van der Waals surface area contributed by atoms with Crippen LogP contribution in [0, 0.1) is 0 Å². The molecule has 1 nitrogen and oxygen atoms in total. The van der Waals surface area contributed by atoms with E-state index < -0.39 is 0 Å². The van der Waals surface area contributed by atoms with Gasteiger partial charge in [0.05, 0.1) is 0 Å². The van der Waals surface area contributed by atoms with Gasteiger partial charge in [-0.1, -0.05) is 74.7 Å². The molecule has 0 rings (SSSR count). The van der Waals surface area contributed by atoms with Gasteiger partial charge in [-0.05, 0) is 7.05 Å². The van der Waals surface area contributed by atoms with Crippen LogP contribution in [0.2, 0.25) is 0 Å². The summed E-state index contributed by atoms with van der Waals surface area (Å²) in [6.07, 6.45) is 3.89. The fourth-order valence-electron chi connectivity index (χ4n) is 0. The van der Waals surface area contributed by atoms with Crippen molar-refractivity contribution in [3.63, 3.8) is 0 Å². The Kier molecular flexibility index (Phi) is 737. The topological polar surface area (TPSA) is 26.0 Å². The van der Waals surface area contributed by atoms with E-state index in [1.54, 1.807) is 0 Å². The molecule has 0 aromatic rings. The lowest BCUT2D eigenvalue weighted by molar-refractivity contribution is 0.886. The van der Waals surface area contributed by atoms with Crippen LogP contribution in [0.25, 0.3) is 0 Å². The summed E-state index contributed by atoms with van der Waals surface area (Å²) in [4.78, 5) is 0. The summed E-state index contributed by atoms with van der Waals surface area (Å²) in [7, 11) is 1.50. The molecule has 0 bridgehead atoms. The molecule has 0 atom stereocenters. The Labute approximate surface area is 101 Å². The van der Waals surface area contributed by atoms with Crippen molar-refractivity contribution in [3.8, 4) is 0 Å². The van der Waals surface area contributed by atoms with E-state index in [-0.39, 0.29) is 0 Å². The maximum Gasteiger partial charge on any atom is -0.0195 e. The van der Waals surface area contributed by atoms with Gasteiger partial charge < -0.3 is 5.73 Å². The van der Waals surface area contributed by atoms with Crippen molar-refractivity contribution >= 4 is 0 Å². The van der Waals surface area contributed by atoms with Gasteiger partial charge in [0.25, 0.3) is 0 Å². The van der Waals surface area contributed by atoms with Crippen LogP contribution >= 0.6 is 0 Å². The Balaban J connectivity index is -0.0000000168. The maximum absolute atomic E-state index is 4.50. The number of hydrogen-bond acceptors (Lipinski definition) is 1. The first-order valence-corrected chi connectivity index (χ1v) is 6.41. The summed E-state index contributed by atoms with van der Waals surface area (Å²) < 4.78 is 0. The van der Waals surface area contributed by atoms with Gasteiger partial charge in [-0.2, -0.15) is 0 Å². The predicted molar refractivity (Wildman–Crippen MR) is 80.6 cm³/mol. The van der Waals surface area contributed by atoms with Crippen molar-refractivity contribution in [2.24, 2.45) is 5.73 Å². The average molecular weight is 221 g/mol. The first-order chi connectivity index (χ1) is 7.33. The zero-order valence-corrected chi connectivity index (χ0v) is 13.1. The third-order valence-electron chi connectivity index (χ3n) is 0.500. The van der Waals surface area contributed by atoms with E-state index in [9.17, 15) is 0 Å². The molecule has 0 saturated carbocycles. The van der Waals surface area contributed by atoms with Gasteiger partial charge in [0.15, 0.2) is 0 Å². The monoisotopic (exact) mass is 221 g/mol. The van der Waals surface area contributed by atoms with Crippen molar-refractivity contribution in [1.29, 1.82) is 0 Å². The van der Waals surface area contributed by atoms with Crippen molar-refractivity contribution in [2.45, 2.75) is 74.7 Å². The number of rotatable bonds is 1. The van der Waals surface area contributed by atoms with E-state index >= 15 is 0 Å². The van der Waals surface area contributed by atoms with Crippen molar-refractivity contribution in [2.75, 3.05) is 7.05 Å². The normalized spacial score (nSPS) is 4.67. The van der Waals surface area contributed by atoms with E-state index in [0.717, 1.165) is 0 Å². The molecule has 0 fully saturated rings. The van der Waals surface area contributed by atoms with Crippen LogP contribution in [-0.4, -0.2) is 7.05 Å². The van der Waals surface area contributed by atoms with E-state index in [1.807, 2.05) is 27.7 Å². The van der Waals surface area contributed by atoms with Gasteiger partial charge in [-0.15, -0.1) is 13.2 Å². The van der Waals surface area contributed by atoms with Crippen molar-refractivity contribution in [3.05, 3.63) is 13.2 Å². The molecule has 0 aliphatic heterocycles. The Morgan fingerprint density at radius 2 is 0.733 bits per heavy atom. The summed E-state index contributed by atoms with van der Waals surface area (Å²) in [6.45, 7) is 22.6. The van der Waals surface area contributed by atoms with E-state index in [0.29, 0.717) is 0 Å². The van der Waals surface area contributed by atoms with Crippen LogP contribution < -0.4 is 5.73 Å². The predicted octanol–water partition coefficient (Wildman–Crippen LogP) is 5.65. The minimum atomic E-state index is 1.25. The largest absolute Gasteiger partial charge is 0.333 e. The first-order valence-electron chi connectivity index (χ1n) is 6.41. The van der Waals surface area contributed by atoms with Crippen LogP contribution in [0.3, 0.4) is 0 Å². The van der Waals surface area contributed by atoms with Crippen molar-refractivity contribution in [1.82, 2.24) is 0 Å². The molecule has 0 aromatic carbocycles. The van der Waals surface area contributed by atoms with Gasteiger partial charge in [0, 0.05) is 0 Å². The van der Waals surface area contributed by atoms with Gasteiger partial charge >= 0.3 is 0 Å². The lowest BCUT2D eigenvalue weighted by Gasteiger charge is -1.68. The summed E-state index contributed by atoms with van der Waals surface area (Å²) in [5.41, 5.74) is 4.50. The van der Waals surface area contributed by atoms with E-state index in [4.69, 9.17) is 0 Å². The molecule has 0 spiro atoms. The molecule has 0 saturated heterocycles. The summed E-state index contributed by atoms with van der Waals surface area (Å²) in [6, 6.07) is 0. The highest BCUT2D eigenvalue weighted by Gasteiger charge is 1.56. The maximum atomic E-state index is 4.50. The Bertz CT molecular complexity index is 19.3. The standard InChI is InChI=1S/C4H10.C3H8.2C2H6.C2H4.CH5N/c1-3-4-2;1-3-2;4*1-2/h3-4H2,1-2H3;3H2,1-2H3;2*1-2H3;1-2H2;2H2,1H3. The second kappa shape index (κ2) is 303. The third kappa shape index (κ3) is 3830. The molecule has 0 unspecified atom stereocenters. The summed E-state index contributed by atoms with van der Waals surface area (Å²) in [5.74, 6) is 0. The molecule has 100 valence electrons. The number of hydrogen-bond donors (Lipinski definition) is 1. The fourth-order valence-corrected chi connectivity index (χ4v) is 0. The first kappa shape index (κ1) is 36.5. The Hall–Kier alpha value is -0.300. The van der Waals surface area contributed by atoms with Crippen LogP contribution in [0.5, 0.6) is 0 Å². The third-order valence-corrected chi connectivity index (χ3v) is 0.500. The zero-order valence-electron chi connectivity index (χ0n) is 13.1. The second-order valence-electron chi connectivity index (χ2n) is 1.71. The van der Waals surface area contributed by atoms with Crippen LogP contribution in [0.15, 0.2) is 13.2 Å². The summed E-state index contributed by atoms with van der Waals surface area (Å²) >= 11 is 0. The molecule has 2 N–H and O–H groups in total. The molecule has 15 heavy (non-hydrogen) atoms. The average Bonchev–Trinajstić information content (AvgIpc) is 2.39. The number of nitrogens with two attached hydrogens (primary N) is 1.